The minimum absolute atomic E-state index is 0.189. The van der Waals surface area contributed by atoms with Crippen LogP contribution in [0.25, 0.3) is 10.9 Å². The standard InChI is InChI=1S/C21H19NO5/c1-3-26-20(23)19-17(12-7-4-5-9-15(12)27-21(19)24)13-11-22-14-8-6-10-16(25-2)18(13)14/h4-11,17,19,22H,3H2,1-2H3/t17-,19+/m1/s1. The summed E-state index contributed by atoms with van der Waals surface area (Å²) in [5.41, 5.74) is 2.43. The van der Waals surface area contributed by atoms with Gasteiger partial charge in [0.25, 0.3) is 0 Å². The minimum atomic E-state index is -1.08. The number of hydrogen-bond donors (Lipinski definition) is 1. The van der Waals surface area contributed by atoms with Crippen LogP contribution in [0, 0.1) is 5.92 Å². The molecule has 6 heteroatoms. The number of carbonyl (C=O) groups is 2. The summed E-state index contributed by atoms with van der Waals surface area (Å²) >= 11 is 0. The van der Waals surface area contributed by atoms with Gasteiger partial charge in [0.05, 0.1) is 13.7 Å². The highest BCUT2D eigenvalue weighted by Gasteiger charge is 2.45. The Morgan fingerprint density at radius 1 is 1.15 bits per heavy atom. The first-order valence-corrected chi connectivity index (χ1v) is 8.77. The van der Waals surface area contributed by atoms with Gasteiger partial charge in [0.2, 0.25) is 0 Å². The highest BCUT2D eigenvalue weighted by Crippen LogP contribution is 2.46. The Hall–Kier alpha value is -3.28. The summed E-state index contributed by atoms with van der Waals surface area (Å²) in [6, 6.07) is 12.9. The summed E-state index contributed by atoms with van der Waals surface area (Å²) in [7, 11) is 1.59. The lowest BCUT2D eigenvalue weighted by Crippen LogP contribution is -2.38. The van der Waals surface area contributed by atoms with Crippen molar-refractivity contribution >= 4 is 22.8 Å². The first kappa shape index (κ1) is 17.1. The molecule has 4 rings (SSSR count). The van der Waals surface area contributed by atoms with E-state index in [2.05, 4.69) is 4.98 Å². The van der Waals surface area contributed by atoms with Gasteiger partial charge in [-0.15, -0.1) is 0 Å². The first-order chi connectivity index (χ1) is 13.2. The summed E-state index contributed by atoms with van der Waals surface area (Å²) in [5.74, 6) is -1.69. The molecule has 0 saturated carbocycles. The zero-order valence-corrected chi connectivity index (χ0v) is 15.0. The lowest BCUT2D eigenvalue weighted by atomic mass is 9.78. The van der Waals surface area contributed by atoms with Gasteiger partial charge < -0.3 is 19.2 Å². The maximum absolute atomic E-state index is 12.7. The molecule has 27 heavy (non-hydrogen) atoms. The molecule has 0 unspecified atom stereocenters. The number of methoxy groups -OCH3 is 1. The molecule has 0 radical (unpaired) electrons. The van der Waals surface area contributed by atoms with Crippen molar-refractivity contribution in [1.29, 1.82) is 0 Å². The van der Waals surface area contributed by atoms with Gasteiger partial charge in [0.1, 0.15) is 11.5 Å². The van der Waals surface area contributed by atoms with Crippen LogP contribution in [0.15, 0.2) is 48.7 Å². The van der Waals surface area contributed by atoms with Crippen molar-refractivity contribution in [3.63, 3.8) is 0 Å². The largest absolute Gasteiger partial charge is 0.496 e. The number of fused-ring (bicyclic) bond motifs is 2. The molecule has 0 fully saturated rings. The molecule has 0 spiro atoms. The van der Waals surface area contributed by atoms with Crippen molar-refractivity contribution in [2.75, 3.05) is 13.7 Å². The number of ether oxygens (including phenoxy) is 3. The molecule has 6 nitrogen and oxygen atoms in total. The molecule has 1 N–H and O–H groups in total. The van der Waals surface area contributed by atoms with Crippen LogP contribution in [0.2, 0.25) is 0 Å². The molecule has 0 saturated heterocycles. The number of benzene rings is 2. The van der Waals surface area contributed by atoms with E-state index < -0.39 is 23.8 Å². The molecule has 1 aliphatic heterocycles. The fourth-order valence-electron chi connectivity index (χ4n) is 3.72. The zero-order valence-electron chi connectivity index (χ0n) is 15.0. The Morgan fingerprint density at radius 3 is 2.74 bits per heavy atom. The maximum atomic E-state index is 12.7. The molecule has 3 aromatic rings. The van der Waals surface area contributed by atoms with Crippen molar-refractivity contribution in [3.8, 4) is 11.5 Å². The van der Waals surface area contributed by atoms with E-state index in [1.807, 2.05) is 36.5 Å². The number of para-hydroxylation sites is 1. The van der Waals surface area contributed by atoms with E-state index in [9.17, 15) is 9.59 Å². The van der Waals surface area contributed by atoms with Crippen molar-refractivity contribution in [3.05, 3.63) is 59.8 Å². The normalized spacial score (nSPS) is 18.7. The Labute approximate surface area is 156 Å². The fourth-order valence-corrected chi connectivity index (χ4v) is 3.72. The predicted molar refractivity (Wildman–Crippen MR) is 98.9 cm³/mol. The van der Waals surface area contributed by atoms with Gasteiger partial charge in [0, 0.05) is 28.6 Å². The number of carbonyl (C=O) groups excluding carboxylic acids is 2. The summed E-state index contributed by atoms with van der Waals surface area (Å²) < 4.78 is 16.1. The molecule has 1 aliphatic rings. The van der Waals surface area contributed by atoms with Crippen LogP contribution in [0.5, 0.6) is 11.5 Å². The molecular formula is C21H19NO5. The smallest absolute Gasteiger partial charge is 0.326 e. The third kappa shape index (κ3) is 2.73. The van der Waals surface area contributed by atoms with Crippen molar-refractivity contribution < 1.29 is 23.8 Å². The summed E-state index contributed by atoms with van der Waals surface area (Å²) in [5, 5.41) is 0.837. The summed E-state index contributed by atoms with van der Waals surface area (Å²) in [4.78, 5) is 28.6. The number of esters is 2. The zero-order chi connectivity index (χ0) is 19.0. The number of aromatic amines is 1. The molecule has 0 aliphatic carbocycles. The third-order valence-corrected chi connectivity index (χ3v) is 4.85. The van der Waals surface area contributed by atoms with E-state index in [4.69, 9.17) is 14.2 Å². The van der Waals surface area contributed by atoms with Crippen LogP contribution >= 0.6 is 0 Å². The molecule has 2 atom stereocenters. The van der Waals surface area contributed by atoms with Gasteiger partial charge in [-0.1, -0.05) is 24.3 Å². The molecule has 138 valence electrons. The van der Waals surface area contributed by atoms with E-state index in [1.165, 1.54) is 0 Å². The van der Waals surface area contributed by atoms with Crippen LogP contribution in [-0.4, -0.2) is 30.6 Å². The topological polar surface area (TPSA) is 77.6 Å². The van der Waals surface area contributed by atoms with E-state index in [0.717, 1.165) is 22.0 Å². The van der Waals surface area contributed by atoms with Crippen LogP contribution < -0.4 is 9.47 Å². The lowest BCUT2D eigenvalue weighted by Gasteiger charge is -2.30. The molecule has 2 aromatic carbocycles. The molecule has 2 heterocycles. The van der Waals surface area contributed by atoms with Crippen molar-refractivity contribution in [2.45, 2.75) is 12.8 Å². The lowest BCUT2D eigenvalue weighted by molar-refractivity contribution is -0.158. The second kappa shape index (κ2) is 6.79. The minimum Gasteiger partial charge on any atom is -0.496 e. The predicted octanol–water partition coefficient (Wildman–Crippen LogP) is 3.41. The van der Waals surface area contributed by atoms with Gasteiger partial charge in [-0.05, 0) is 30.7 Å². The second-order valence-corrected chi connectivity index (χ2v) is 6.29. The van der Waals surface area contributed by atoms with Crippen LogP contribution in [-0.2, 0) is 14.3 Å². The molecule has 0 amide bonds. The van der Waals surface area contributed by atoms with E-state index in [0.29, 0.717) is 11.5 Å². The number of H-pyrrole nitrogens is 1. The number of aromatic nitrogens is 1. The summed E-state index contributed by atoms with van der Waals surface area (Å²) in [6.07, 6.45) is 1.82. The van der Waals surface area contributed by atoms with Gasteiger partial charge in [-0.2, -0.15) is 0 Å². The van der Waals surface area contributed by atoms with Crippen LogP contribution in [0.3, 0.4) is 0 Å². The van der Waals surface area contributed by atoms with Gasteiger partial charge in [-0.25, -0.2) is 0 Å². The summed E-state index contributed by atoms with van der Waals surface area (Å²) in [6.45, 7) is 1.90. The van der Waals surface area contributed by atoms with Crippen molar-refractivity contribution in [2.24, 2.45) is 5.92 Å². The Kier molecular flexibility index (Phi) is 4.32. The Morgan fingerprint density at radius 2 is 1.96 bits per heavy atom. The highest BCUT2D eigenvalue weighted by atomic mass is 16.6. The SMILES string of the molecule is CCOC(=O)[C@H]1C(=O)Oc2ccccc2[C@@H]1c1c[nH]c2cccc(OC)c12. The van der Waals surface area contributed by atoms with E-state index in [-0.39, 0.29) is 6.61 Å². The monoisotopic (exact) mass is 365 g/mol. The first-order valence-electron chi connectivity index (χ1n) is 8.77. The Bertz CT molecular complexity index is 1020. The average Bonchev–Trinajstić information content (AvgIpc) is 3.11. The number of nitrogens with one attached hydrogen (secondary N) is 1. The number of rotatable bonds is 4. The Balaban J connectivity index is 1.97. The van der Waals surface area contributed by atoms with Crippen LogP contribution in [0.4, 0.5) is 0 Å². The highest BCUT2D eigenvalue weighted by molar-refractivity contribution is 6.01. The second-order valence-electron chi connectivity index (χ2n) is 6.29. The van der Waals surface area contributed by atoms with Crippen LogP contribution in [0.1, 0.15) is 24.0 Å². The molecular weight excluding hydrogens is 346 g/mol. The van der Waals surface area contributed by atoms with E-state index >= 15 is 0 Å². The fraction of sp³-hybridized carbons (Fsp3) is 0.238. The number of hydrogen-bond acceptors (Lipinski definition) is 5. The maximum Gasteiger partial charge on any atom is 0.326 e. The molecule has 1 aromatic heterocycles. The van der Waals surface area contributed by atoms with E-state index in [1.54, 1.807) is 26.2 Å². The van der Waals surface area contributed by atoms with Gasteiger partial charge >= 0.3 is 11.9 Å². The van der Waals surface area contributed by atoms with Crippen molar-refractivity contribution in [1.82, 2.24) is 4.98 Å². The molecule has 0 bridgehead atoms. The quantitative estimate of drug-likeness (QED) is 0.436. The average molecular weight is 365 g/mol. The van der Waals surface area contributed by atoms with Gasteiger partial charge in [0.15, 0.2) is 5.92 Å². The van der Waals surface area contributed by atoms with Gasteiger partial charge in [-0.3, -0.25) is 9.59 Å². The third-order valence-electron chi connectivity index (χ3n) is 4.85.